The lowest BCUT2D eigenvalue weighted by Crippen LogP contribution is -2.33. The van der Waals surface area contributed by atoms with E-state index in [-0.39, 0.29) is 11.8 Å². The lowest BCUT2D eigenvalue weighted by molar-refractivity contribution is 0.244. The molecule has 3 N–H and O–H groups in total. The number of urea groups is 1. The van der Waals surface area contributed by atoms with Gasteiger partial charge in [-0.25, -0.2) is 4.79 Å². The quantitative estimate of drug-likeness (QED) is 0.761. The number of hydrogen-bond acceptors (Lipinski definition) is 2. The van der Waals surface area contributed by atoms with Crippen molar-refractivity contribution in [3.05, 3.63) is 70.3 Å². The molecule has 2 rings (SSSR count). The predicted octanol–water partition coefficient (Wildman–Crippen LogP) is 3.67. The van der Waals surface area contributed by atoms with Gasteiger partial charge in [0.05, 0.1) is 0 Å². The average Bonchev–Trinajstić information content (AvgIpc) is 2.49. The Hall–Kier alpha value is -2.27. The zero-order chi connectivity index (χ0) is 15.8. The van der Waals surface area contributed by atoms with Gasteiger partial charge in [-0.3, -0.25) is 0 Å². The molecule has 0 aliphatic heterocycles. The minimum Gasteiger partial charge on any atom is -0.508 e. The normalized spacial score (nSPS) is 10.6. The maximum atomic E-state index is 11.6. The predicted molar refractivity (Wildman–Crippen MR) is 91.5 cm³/mol. The van der Waals surface area contributed by atoms with E-state index in [1.54, 1.807) is 18.3 Å². The number of amides is 2. The van der Waals surface area contributed by atoms with Crippen molar-refractivity contribution in [3.63, 3.8) is 0 Å². The second kappa shape index (κ2) is 8.24. The summed E-state index contributed by atoms with van der Waals surface area (Å²) in [6.45, 7) is 0.529. The van der Waals surface area contributed by atoms with Crippen molar-refractivity contribution in [3.8, 4) is 5.75 Å². The Morgan fingerprint density at radius 3 is 2.68 bits per heavy atom. The lowest BCUT2D eigenvalue weighted by atomic mass is 10.1. The Morgan fingerprint density at radius 2 is 1.95 bits per heavy atom. The van der Waals surface area contributed by atoms with E-state index in [0.717, 1.165) is 15.6 Å². The average molecular weight is 361 g/mol. The topological polar surface area (TPSA) is 61.4 Å². The highest BCUT2D eigenvalue weighted by Gasteiger charge is 1.98. The van der Waals surface area contributed by atoms with E-state index in [1.807, 2.05) is 42.5 Å². The second-order valence-corrected chi connectivity index (χ2v) is 5.62. The lowest BCUT2D eigenvalue weighted by Gasteiger charge is -2.05. The van der Waals surface area contributed by atoms with Gasteiger partial charge in [0.15, 0.2) is 0 Å². The van der Waals surface area contributed by atoms with Crippen LogP contribution in [0, 0.1) is 0 Å². The molecule has 0 fully saturated rings. The molecule has 0 radical (unpaired) electrons. The van der Waals surface area contributed by atoms with Gasteiger partial charge in [0.25, 0.3) is 0 Å². The molecule has 2 aromatic rings. The molecule has 0 atom stereocenters. The Kier molecular flexibility index (Phi) is 6.03. The highest BCUT2D eigenvalue weighted by Crippen LogP contribution is 2.12. The third-order valence-corrected chi connectivity index (χ3v) is 3.47. The smallest absolute Gasteiger partial charge is 0.318 e. The fourth-order valence-corrected chi connectivity index (χ4v) is 2.27. The molecular weight excluding hydrogens is 344 g/mol. The van der Waals surface area contributed by atoms with Crippen LogP contribution in [0.25, 0.3) is 6.08 Å². The van der Waals surface area contributed by atoms with E-state index in [4.69, 9.17) is 0 Å². The molecule has 0 saturated carbocycles. The monoisotopic (exact) mass is 360 g/mol. The number of nitrogens with one attached hydrogen (secondary N) is 2. The summed E-state index contributed by atoms with van der Waals surface area (Å²) in [6.07, 6.45) is 4.14. The van der Waals surface area contributed by atoms with Gasteiger partial charge >= 0.3 is 6.03 Å². The first-order valence-corrected chi connectivity index (χ1v) is 7.67. The molecule has 0 saturated heterocycles. The SMILES string of the molecule is O=C(N/C=C/c1cccc(Br)c1)NCCc1ccc(O)cc1. The molecule has 0 bridgehead atoms. The van der Waals surface area contributed by atoms with Crippen LogP contribution in [0.2, 0.25) is 0 Å². The van der Waals surface area contributed by atoms with Gasteiger partial charge in [-0.2, -0.15) is 0 Å². The van der Waals surface area contributed by atoms with E-state index < -0.39 is 0 Å². The van der Waals surface area contributed by atoms with Gasteiger partial charge in [-0.1, -0.05) is 40.2 Å². The molecule has 4 nitrogen and oxygen atoms in total. The fraction of sp³-hybridized carbons (Fsp3) is 0.118. The Morgan fingerprint density at radius 1 is 1.18 bits per heavy atom. The number of hydrogen-bond donors (Lipinski definition) is 3. The number of halogens is 1. The molecule has 0 aliphatic rings. The third kappa shape index (κ3) is 5.61. The van der Waals surface area contributed by atoms with E-state index >= 15 is 0 Å². The second-order valence-electron chi connectivity index (χ2n) is 4.71. The minimum atomic E-state index is -0.245. The Balaban J connectivity index is 1.70. The number of carbonyl (C=O) groups is 1. The molecule has 0 heterocycles. The molecule has 2 aromatic carbocycles. The van der Waals surface area contributed by atoms with Gasteiger partial charge < -0.3 is 15.7 Å². The summed E-state index contributed by atoms with van der Waals surface area (Å²) in [5.41, 5.74) is 2.06. The van der Waals surface area contributed by atoms with Gasteiger partial charge in [0, 0.05) is 17.2 Å². The first kappa shape index (κ1) is 16.1. The third-order valence-electron chi connectivity index (χ3n) is 2.97. The highest BCUT2D eigenvalue weighted by atomic mass is 79.9. The first-order valence-electron chi connectivity index (χ1n) is 6.88. The Labute approximate surface area is 138 Å². The van der Waals surface area contributed by atoms with Crippen LogP contribution in [-0.4, -0.2) is 17.7 Å². The maximum absolute atomic E-state index is 11.6. The van der Waals surface area contributed by atoms with Crippen LogP contribution in [0.5, 0.6) is 5.75 Å². The van der Waals surface area contributed by atoms with Gasteiger partial charge in [-0.15, -0.1) is 0 Å². The summed E-state index contributed by atoms with van der Waals surface area (Å²) < 4.78 is 0.994. The van der Waals surface area contributed by atoms with Crippen molar-refractivity contribution in [2.24, 2.45) is 0 Å². The summed E-state index contributed by atoms with van der Waals surface area (Å²) in [7, 11) is 0. The minimum absolute atomic E-state index is 0.243. The summed E-state index contributed by atoms with van der Waals surface area (Å²) in [6, 6.07) is 14.5. The molecule has 114 valence electrons. The van der Waals surface area contributed by atoms with Crippen molar-refractivity contribution in [2.75, 3.05) is 6.54 Å². The zero-order valence-electron chi connectivity index (χ0n) is 11.9. The van der Waals surface area contributed by atoms with E-state index in [0.29, 0.717) is 13.0 Å². The van der Waals surface area contributed by atoms with Gasteiger partial charge in [0.1, 0.15) is 5.75 Å². The molecule has 0 spiro atoms. The highest BCUT2D eigenvalue weighted by molar-refractivity contribution is 9.10. The summed E-state index contributed by atoms with van der Waals surface area (Å²) in [4.78, 5) is 11.6. The van der Waals surface area contributed by atoms with Crippen LogP contribution in [-0.2, 0) is 6.42 Å². The molecule has 0 aromatic heterocycles. The number of rotatable bonds is 5. The first-order chi connectivity index (χ1) is 10.6. The molecule has 5 heteroatoms. The van der Waals surface area contributed by atoms with E-state index in [2.05, 4.69) is 26.6 Å². The van der Waals surface area contributed by atoms with Crippen molar-refractivity contribution < 1.29 is 9.90 Å². The van der Waals surface area contributed by atoms with Crippen LogP contribution in [0.3, 0.4) is 0 Å². The van der Waals surface area contributed by atoms with Crippen LogP contribution >= 0.6 is 15.9 Å². The standard InChI is InChI=1S/C17H17BrN2O2/c18-15-3-1-2-14(12-15)9-11-20-17(22)19-10-8-13-4-6-16(21)7-5-13/h1-7,9,11-12,21H,8,10H2,(H2,19,20,22)/b11-9+. The summed E-state index contributed by atoms with van der Waals surface area (Å²) in [5.74, 6) is 0.243. The van der Waals surface area contributed by atoms with Crippen LogP contribution in [0.15, 0.2) is 59.2 Å². The summed E-state index contributed by atoms with van der Waals surface area (Å²) >= 11 is 3.39. The number of benzene rings is 2. The van der Waals surface area contributed by atoms with Gasteiger partial charge in [0.2, 0.25) is 0 Å². The zero-order valence-corrected chi connectivity index (χ0v) is 13.5. The number of carbonyl (C=O) groups excluding carboxylic acids is 1. The van der Waals surface area contributed by atoms with Crippen molar-refractivity contribution in [2.45, 2.75) is 6.42 Å². The van der Waals surface area contributed by atoms with Crippen molar-refractivity contribution in [1.82, 2.24) is 10.6 Å². The number of phenols is 1. The van der Waals surface area contributed by atoms with Crippen LogP contribution in [0.1, 0.15) is 11.1 Å². The van der Waals surface area contributed by atoms with E-state index in [1.165, 1.54) is 0 Å². The largest absolute Gasteiger partial charge is 0.508 e. The van der Waals surface area contributed by atoms with Crippen LogP contribution < -0.4 is 10.6 Å². The Bertz CT molecular complexity index is 654. The maximum Gasteiger partial charge on any atom is 0.318 e. The molecule has 0 unspecified atom stereocenters. The molecule has 0 aliphatic carbocycles. The number of aromatic hydroxyl groups is 1. The van der Waals surface area contributed by atoms with Crippen molar-refractivity contribution >= 4 is 28.0 Å². The van der Waals surface area contributed by atoms with E-state index in [9.17, 15) is 9.90 Å². The van der Waals surface area contributed by atoms with Crippen molar-refractivity contribution in [1.29, 1.82) is 0 Å². The molecular formula is C17H17BrN2O2. The fourth-order valence-electron chi connectivity index (χ4n) is 1.86. The number of phenolic OH excluding ortho intramolecular Hbond substituents is 1. The molecule has 22 heavy (non-hydrogen) atoms. The molecule has 2 amide bonds. The van der Waals surface area contributed by atoms with Crippen LogP contribution in [0.4, 0.5) is 4.79 Å². The van der Waals surface area contributed by atoms with Gasteiger partial charge in [-0.05, 0) is 47.9 Å². The summed E-state index contributed by atoms with van der Waals surface area (Å²) in [5, 5.41) is 14.6.